The van der Waals surface area contributed by atoms with Crippen molar-refractivity contribution in [1.82, 2.24) is 23.5 Å². The molecule has 0 aliphatic heterocycles. The topological polar surface area (TPSA) is 40.0 Å². The zero-order valence-electron chi connectivity index (χ0n) is 20.1. The van der Waals surface area contributed by atoms with Gasteiger partial charge in [-0.15, -0.1) is 0 Å². The average molecular weight is 478 g/mol. The van der Waals surface area contributed by atoms with Crippen molar-refractivity contribution in [3.63, 3.8) is 0 Å². The lowest BCUT2D eigenvalue weighted by Gasteiger charge is -2.18. The van der Waals surface area contributed by atoms with E-state index in [0.717, 1.165) is 52.2 Å². The molecule has 1 aliphatic carbocycles. The molecular weight excluding hydrogens is 454 g/mol. The summed E-state index contributed by atoms with van der Waals surface area (Å²) in [6.07, 6.45) is 8.45. The molecule has 4 aromatic heterocycles. The van der Waals surface area contributed by atoms with Gasteiger partial charge < -0.3 is 0 Å². The number of imidazole rings is 2. The molecule has 7 aromatic rings. The number of rotatable bonds is 3. The minimum absolute atomic E-state index is 0.909. The SMILES string of the molecule is C1=C(c2nc3ccccc3n2-c2ccccc2)CCC(n2c3ccccc3c3nc4ccccn4c32)=C1. The highest BCUT2D eigenvalue weighted by Gasteiger charge is 2.22. The smallest absolute Gasteiger partial charge is 0.150 e. The van der Waals surface area contributed by atoms with Crippen LogP contribution in [0.1, 0.15) is 18.7 Å². The van der Waals surface area contributed by atoms with Gasteiger partial charge in [0.05, 0.1) is 16.6 Å². The fraction of sp³-hybridized carbons (Fsp3) is 0.0625. The van der Waals surface area contributed by atoms with Crippen molar-refractivity contribution >= 4 is 50.0 Å². The number of aromatic nitrogens is 5. The van der Waals surface area contributed by atoms with Crippen LogP contribution in [0.25, 0.3) is 55.7 Å². The summed E-state index contributed by atoms with van der Waals surface area (Å²) in [7, 11) is 0. The molecule has 3 aromatic carbocycles. The number of fused-ring (bicyclic) bond motifs is 6. The standard InChI is InChI=1S/C32H23N5/c1-2-10-23(11-3-1)36-28-15-7-5-13-26(28)33-31(36)22-17-19-24(20-18-22)37-27-14-6-4-12-25(27)30-32(37)35-21-9-8-16-29(35)34-30/h1-17,19,21H,18,20H2. The van der Waals surface area contributed by atoms with Gasteiger partial charge in [-0.3, -0.25) is 13.5 Å². The van der Waals surface area contributed by atoms with Gasteiger partial charge in [0, 0.05) is 23.0 Å². The van der Waals surface area contributed by atoms with E-state index in [2.05, 4.69) is 123 Å². The molecule has 0 radical (unpaired) electrons. The molecular formula is C32H23N5. The Hall–Kier alpha value is -4.90. The third-order valence-electron chi connectivity index (χ3n) is 7.39. The van der Waals surface area contributed by atoms with E-state index in [9.17, 15) is 0 Å². The summed E-state index contributed by atoms with van der Waals surface area (Å²) in [5, 5.41) is 1.18. The maximum atomic E-state index is 5.08. The third kappa shape index (κ3) is 2.97. The molecule has 0 fully saturated rings. The maximum Gasteiger partial charge on any atom is 0.150 e. The number of hydrogen-bond acceptors (Lipinski definition) is 2. The normalized spacial score (nSPS) is 14.1. The Morgan fingerprint density at radius 3 is 2.27 bits per heavy atom. The molecule has 0 unspecified atom stereocenters. The van der Waals surface area contributed by atoms with Crippen LogP contribution in [-0.2, 0) is 0 Å². The van der Waals surface area contributed by atoms with Gasteiger partial charge in [0.25, 0.3) is 0 Å². The van der Waals surface area contributed by atoms with Crippen LogP contribution in [0.3, 0.4) is 0 Å². The second-order valence-electron chi connectivity index (χ2n) is 9.51. The van der Waals surface area contributed by atoms with Crippen LogP contribution in [0.5, 0.6) is 0 Å². The predicted molar refractivity (Wildman–Crippen MR) is 151 cm³/mol. The van der Waals surface area contributed by atoms with Gasteiger partial charge in [0.2, 0.25) is 0 Å². The molecule has 0 atom stereocenters. The van der Waals surface area contributed by atoms with Crippen molar-refractivity contribution in [2.24, 2.45) is 0 Å². The van der Waals surface area contributed by atoms with E-state index >= 15 is 0 Å². The number of nitrogens with zero attached hydrogens (tertiary/aromatic N) is 5. The monoisotopic (exact) mass is 477 g/mol. The lowest BCUT2D eigenvalue weighted by molar-refractivity contribution is 0.948. The van der Waals surface area contributed by atoms with Crippen LogP contribution < -0.4 is 0 Å². The first kappa shape index (κ1) is 20.3. The van der Waals surface area contributed by atoms with Crippen LogP contribution in [0, 0.1) is 0 Å². The Kier molecular flexibility index (Phi) is 4.28. The summed E-state index contributed by atoms with van der Waals surface area (Å²) in [5.74, 6) is 1.01. The van der Waals surface area contributed by atoms with Crippen LogP contribution in [0.2, 0.25) is 0 Å². The zero-order chi connectivity index (χ0) is 24.3. The Bertz CT molecular complexity index is 2030. The highest BCUT2D eigenvalue weighted by Crippen LogP contribution is 2.37. The van der Waals surface area contributed by atoms with Crippen molar-refractivity contribution in [3.05, 3.63) is 121 Å². The Morgan fingerprint density at radius 1 is 0.622 bits per heavy atom. The number of pyridine rings is 1. The summed E-state index contributed by atoms with van der Waals surface area (Å²) in [6, 6.07) is 33.7. The molecule has 0 saturated heterocycles. The fourth-order valence-electron chi connectivity index (χ4n) is 5.73. The predicted octanol–water partition coefficient (Wildman–Crippen LogP) is 7.50. The largest absolute Gasteiger partial charge is 0.297 e. The quantitative estimate of drug-likeness (QED) is 0.264. The van der Waals surface area contributed by atoms with E-state index in [1.165, 1.54) is 22.2 Å². The molecule has 176 valence electrons. The van der Waals surface area contributed by atoms with Crippen molar-refractivity contribution in [3.8, 4) is 5.69 Å². The Balaban J connectivity index is 1.33. The second kappa shape index (κ2) is 7.80. The lowest BCUT2D eigenvalue weighted by atomic mass is 10.0. The highest BCUT2D eigenvalue weighted by molar-refractivity contribution is 6.08. The molecule has 0 saturated carbocycles. The summed E-state index contributed by atoms with van der Waals surface area (Å²) in [6.45, 7) is 0. The molecule has 0 bridgehead atoms. The van der Waals surface area contributed by atoms with Crippen molar-refractivity contribution in [2.45, 2.75) is 12.8 Å². The minimum Gasteiger partial charge on any atom is -0.297 e. The molecule has 0 N–H and O–H groups in total. The number of para-hydroxylation sites is 4. The molecule has 5 heteroatoms. The zero-order valence-corrected chi connectivity index (χ0v) is 20.1. The number of hydrogen-bond donors (Lipinski definition) is 0. The van der Waals surface area contributed by atoms with Crippen molar-refractivity contribution in [2.75, 3.05) is 0 Å². The first-order chi connectivity index (χ1) is 18.4. The molecule has 4 heterocycles. The van der Waals surface area contributed by atoms with Crippen LogP contribution in [0.4, 0.5) is 0 Å². The molecule has 1 aliphatic rings. The van der Waals surface area contributed by atoms with E-state index in [-0.39, 0.29) is 0 Å². The molecule has 0 spiro atoms. The summed E-state index contributed by atoms with van der Waals surface area (Å²) < 4.78 is 6.87. The summed E-state index contributed by atoms with van der Waals surface area (Å²) in [5.41, 5.74) is 10.1. The van der Waals surface area contributed by atoms with Gasteiger partial charge in [0.1, 0.15) is 22.6 Å². The van der Waals surface area contributed by atoms with E-state index in [1.54, 1.807) is 0 Å². The minimum atomic E-state index is 0.909. The van der Waals surface area contributed by atoms with Gasteiger partial charge in [-0.1, -0.05) is 60.7 Å². The van der Waals surface area contributed by atoms with Gasteiger partial charge in [-0.2, -0.15) is 0 Å². The molecule has 8 rings (SSSR count). The molecule has 5 nitrogen and oxygen atoms in total. The van der Waals surface area contributed by atoms with E-state index in [0.29, 0.717) is 0 Å². The van der Waals surface area contributed by atoms with E-state index in [4.69, 9.17) is 9.97 Å². The highest BCUT2D eigenvalue weighted by atomic mass is 15.2. The Morgan fingerprint density at radius 2 is 1.41 bits per heavy atom. The summed E-state index contributed by atoms with van der Waals surface area (Å²) in [4.78, 5) is 10.1. The van der Waals surface area contributed by atoms with Crippen LogP contribution in [-0.4, -0.2) is 23.5 Å². The number of allylic oxidation sites excluding steroid dienone is 4. The molecule has 0 amide bonds. The molecule has 37 heavy (non-hydrogen) atoms. The Labute approximate surface area is 213 Å². The number of benzene rings is 3. The lowest BCUT2D eigenvalue weighted by Crippen LogP contribution is -2.06. The first-order valence-electron chi connectivity index (χ1n) is 12.7. The van der Waals surface area contributed by atoms with Gasteiger partial charge >= 0.3 is 0 Å². The van der Waals surface area contributed by atoms with Crippen LogP contribution >= 0.6 is 0 Å². The van der Waals surface area contributed by atoms with E-state index < -0.39 is 0 Å². The second-order valence-corrected chi connectivity index (χ2v) is 9.51. The van der Waals surface area contributed by atoms with Gasteiger partial charge in [-0.25, -0.2) is 9.97 Å². The van der Waals surface area contributed by atoms with Crippen molar-refractivity contribution in [1.29, 1.82) is 0 Å². The average Bonchev–Trinajstić information content (AvgIpc) is 3.63. The first-order valence-corrected chi connectivity index (χ1v) is 12.7. The van der Waals surface area contributed by atoms with Gasteiger partial charge in [-0.05, 0) is 67.0 Å². The van der Waals surface area contributed by atoms with Crippen LogP contribution in [0.15, 0.2) is 115 Å². The van der Waals surface area contributed by atoms with Gasteiger partial charge in [0.15, 0.2) is 0 Å². The third-order valence-corrected chi connectivity index (χ3v) is 7.39. The summed E-state index contributed by atoms with van der Waals surface area (Å²) >= 11 is 0. The fourth-order valence-corrected chi connectivity index (χ4v) is 5.73. The van der Waals surface area contributed by atoms with Crippen molar-refractivity contribution < 1.29 is 0 Å². The maximum absolute atomic E-state index is 5.08. The van der Waals surface area contributed by atoms with E-state index in [1.807, 2.05) is 6.07 Å².